The Hall–Kier alpha value is -1.00. The van der Waals surface area contributed by atoms with Crippen molar-refractivity contribution in [2.75, 3.05) is 38.5 Å². The highest BCUT2D eigenvalue weighted by Crippen LogP contribution is 2.08. The van der Waals surface area contributed by atoms with Crippen LogP contribution in [-0.2, 0) is 0 Å². The van der Waals surface area contributed by atoms with Crippen LogP contribution < -0.4 is 0 Å². The average molecular weight is 250 g/mol. The Morgan fingerprint density at radius 1 is 1.12 bits per heavy atom. The van der Waals surface area contributed by atoms with Gasteiger partial charge < -0.3 is 4.90 Å². The van der Waals surface area contributed by atoms with Crippen molar-refractivity contribution in [2.45, 2.75) is 0 Å². The molecule has 0 unspecified atom stereocenters. The molecule has 1 aliphatic rings. The summed E-state index contributed by atoms with van der Waals surface area (Å²) < 4.78 is 0. The summed E-state index contributed by atoms with van der Waals surface area (Å²) in [4.78, 5) is 16.4. The molecular formula is C13H18N2OS. The smallest absolute Gasteiger partial charge is 0.253 e. The SMILES string of the molecule is O=C(c1ccccc1)N1CCN(CCS)CC1. The fourth-order valence-electron chi connectivity index (χ4n) is 2.08. The van der Waals surface area contributed by atoms with Gasteiger partial charge >= 0.3 is 0 Å². The molecule has 0 radical (unpaired) electrons. The second kappa shape index (κ2) is 6.07. The third-order valence-electron chi connectivity index (χ3n) is 3.10. The summed E-state index contributed by atoms with van der Waals surface area (Å²) in [6, 6.07) is 9.50. The van der Waals surface area contributed by atoms with Gasteiger partial charge in [-0.3, -0.25) is 9.69 Å². The van der Waals surface area contributed by atoms with Crippen LogP contribution in [0.1, 0.15) is 10.4 Å². The Labute approximate surface area is 108 Å². The first-order valence-electron chi connectivity index (χ1n) is 5.99. The maximum Gasteiger partial charge on any atom is 0.253 e. The molecule has 0 N–H and O–H groups in total. The number of hydrogen-bond acceptors (Lipinski definition) is 3. The largest absolute Gasteiger partial charge is 0.336 e. The molecule has 1 aromatic carbocycles. The van der Waals surface area contributed by atoms with Crippen molar-refractivity contribution in [1.29, 1.82) is 0 Å². The Kier molecular flexibility index (Phi) is 4.45. The number of carbonyl (C=O) groups excluding carboxylic acids is 1. The van der Waals surface area contributed by atoms with Crippen molar-refractivity contribution in [3.8, 4) is 0 Å². The fourth-order valence-corrected chi connectivity index (χ4v) is 2.36. The summed E-state index contributed by atoms with van der Waals surface area (Å²) >= 11 is 4.23. The van der Waals surface area contributed by atoms with E-state index in [1.165, 1.54) is 0 Å². The van der Waals surface area contributed by atoms with Crippen LogP contribution in [0.15, 0.2) is 30.3 Å². The lowest BCUT2D eigenvalue weighted by Gasteiger charge is -2.34. The first-order valence-corrected chi connectivity index (χ1v) is 6.62. The molecule has 1 amide bonds. The molecule has 0 aliphatic carbocycles. The summed E-state index contributed by atoms with van der Waals surface area (Å²) in [5.74, 6) is 1.03. The summed E-state index contributed by atoms with van der Waals surface area (Å²) in [5, 5.41) is 0. The molecule has 2 rings (SSSR count). The van der Waals surface area contributed by atoms with E-state index in [0.717, 1.165) is 44.0 Å². The third-order valence-corrected chi connectivity index (χ3v) is 3.30. The van der Waals surface area contributed by atoms with Crippen LogP contribution in [0.2, 0.25) is 0 Å². The molecular weight excluding hydrogens is 232 g/mol. The first kappa shape index (κ1) is 12.5. The second-order valence-corrected chi connectivity index (χ2v) is 4.67. The van der Waals surface area contributed by atoms with Crippen LogP contribution in [0.25, 0.3) is 0 Å². The van der Waals surface area contributed by atoms with E-state index in [2.05, 4.69) is 17.5 Å². The molecule has 3 nitrogen and oxygen atoms in total. The number of nitrogens with zero attached hydrogens (tertiary/aromatic N) is 2. The molecule has 0 atom stereocenters. The zero-order chi connectivity index (χ0) is 12.1. The van der Waals surface area contributed by atoms with Crippen molar-refractivity contribution in [3.05, 3.63) is 35.9 Å². The lowest BCUT2D eigenvalue weighted by Crippen LogP contribution is -2.49. The standard InChI is InChI=1S/C13H18N2OS/c16-13(12-4-2-1-3-5-12)15-8-6-14(7-9-15)10-11-17/h1-5,17H,6-11H2. The van der Waals surface area contributed by atoms with Gasteiger partial charge in [0, 0.05) is 44.0 Å². The van der Waals surface area contributed by atoms with Gasteiger partial charge in [-0.25, -0.2) is 0 Å². The van der Waals surface area contributed by atoms with Crippen LogP contribution in [-0.4, -0.2) is 54.2 Å². The molecule has 17 heavy (non-hydrogen) atoms. The lowest BCUT2D eigenvalue weighted by molar-refractivity contribution is 0.0645. The topological polar surface area (TPSA) is 23.6 Å². The number of benzene rings is 1. The highest BCUT2D eigenvalue weighted by molar-refractivity contribution is 7.80. The van der Waals surface area contributed by atoms with Gasteiger partial charge in [0.05, 0.1) is 0 Å². The minimum Gasteiger partial charge on any atom is -0.336 e. The maximum absolute atomic E-state index is 12.2. The molecule has 0 bridgehead atoms. The third kappa shape index (κ3) is 3.23. The highest BCUT2D eigenvalue weighted by atomic mass is 32.1. The number of rotatable bonds is 3. The van der Waals surface area contributed by atoms with Gasteiger partial charge in [-0.2, -0.15) is 12.6 Å². The highest BCUT2D eigenvalue weighted by Gasteiger charge is 2.21. The van der Waals surface area contributed by atoms with E-state index in [1.807, 2.05) is 35.2 Å². The van der Waals surface area contributed by atoms with Crippen molar-refractivity contribution in [1.82, 2.24) is 9.80 Å². The van der Waals surface area contributed by atoms with Crippen LogP contribution in [0, 0.1) is 0 Å². The molecule has 1 aromatic rings. The molecule has 1 fully saturated rings. The molecule has 4 heteroatoms. The van der Waals surface area contributed by atoms with Gasteiger partial charge in [0.15, 0.2) is 0 Å². The summed E-state index contributed by atoms with van der Waals surface area (Å²) in [5.41, 5.74) is 0.787. The Morgan fingerprint density at radius 2 is 1.76 bits per heavy atom. The zero-order valence-electron chi connectivity index (χ0n) is 9.88. The number of piperazine rings is 1. The molecule has 1 aliphatic heterocycles. The van der Waals surface area contributed by atoms with E-state index in [1.54, 1.807) is 0 Å². The molecule has 1 heterocycles. The number of thiol groups is 1. The molecule has 0 saturated carbocycles. The first-order chi connectivity index (χ1) is 8.31. The normalized spacial score (nSPS) is 17.1. The van der Waals surface area contributed by atoms with Gasteiger partial charge in [0.1, 0.15) is 0 Å². The van der Waals surface area contributed by atoms with Crippen LogP contribution in [0.5, 0.6) is 0 Å². The predicted molar refractivity (Wildman–Crippen MR) is 72.6 cm³/mol. The van der Waals surface area contributed by atoms with Gasteiger partial charge in [0.25, 0.3) is 5.91 Å². The summed E-state index contributed by atoms with van der Waals surface area (Å²) in [7, 11) is 0. The van der Waals surface area contributed by atoms with E-state index in [4.69, 9.17) is 0 Å². The van der Waals surface area contributed by atoms with E-state index in [9.17, 15) is 4.79 Å². The minimum absolute atomic E-state index is 0.149. The predicted octanol–water partition coefficient (Wildman–Crippen LogP) is 1.37. The van der Waals surface area contributed by atoms with E-state index in [0.29, 0.717) is 0 Å². The molecule has 0 spiro atoms. The zero-order valence-corrected chi connectivity index (χ0v) is 10.8. The number of amides is 1. The number of carbonyl (C=O) groups is 1. The van der Waals surface area contributed by atoms with E-state index in [-0.39, 0.29) is 5.91 Å². The van der Waals surface area contributed by atoms with Gasteiger partial charge in [0.2, 0.25) is 0 Å². The quantitative estimate of drug-likeness (QED) is 0.819. The summed E-state index contributed by atoms with van der Waals surface area (Å²) in [6.07, 6.45) is 0. The van der Waals surface area contributed by atoms with E-state index < -0.39 is 0 Å². The number of hydrogen-bond donors (Lipinski definition) is 1. The Bertz CT molecular complexity index is 361. The van der Waals surface area contributed by atoms with Crippen LogP contribution in [0.4, 0.5) is 0 Å². The Morgan fingerprint density at radius 3 is 2.35 bits per heavy atom. The monoisotopic (exact) mass is 250 g/mol. The summed E-state index contributed by atoms with van der Waals surface area (Å²) in [6.45, 7) is 4.57. The van der Waals surface area contributed by atoms with Crippen molar-refractivity contribution in [2.24, 2.45) is 0 Å². The molecule has 92 valence electrons. The van der Waals surface area contributed by atoms with Crippen molar-refractivity contribution >= 4 is 18.5 Å². The van der Waals surface area contributed by atoms with Gasteiger partial charge in [-0.1, -0.05) is 18.2 Å². The van der Waals surface area contributed by atoms with Gasteiger partial charge in [-0.15, -0.1) is 0 Å². The average Bonchev–Trinajstić information content (AvgIpc) is 2.40. The van der Waals surface area contributed by atoms with Crippen molar-refractivity contribution < 1.29 is 4.79 Å². The lowest BCUT2D eigenvalue weighted by atomic mass is 10.2. The maximum atomic E-state index is 12.2. The van der Waals surface area contributed by atoms with Crippen LogP contribution in [0.3, 0.4) is 0 Å². The molecule has 0 aromatic heterocycles. The van der Waals surface area contributed by atoms with E-state index >= 15 is 0 Å². The fraction of sp³-hybridized carbons (Fsp3) is 0.462. The van der Waals surface area contributed by atoms with Crippen molar-refractivity contribution in [3.63, 3.8) is 0 Å². The molecule has 1 saturated heterocycles. The van der Waals surface area contributed by atoms with Crippen LogP contribution >= 0.6 is 12.6 Å². The Balaban J connectivity index is 1.91. The second-order valence-electron chi connectivity index (χ2n) is 4.22. The minimum atomic E-state index is 0.149. The van der Waals surface area contributed by atoms with Gasteiger partial charge in [-0.05, 0) is 12.1 Å².